The SMILES string of the molecule is C=C(C)C(O)OCC1(C)Nc2cccc3c(N=Nc4ccc(N=Nc5ccccc5)c5ccccc45)ccc(c23)N1. The number of nitrogens with zero attached hydrogens (tertiary/aromatic N) is 4. The number of nitrogens with one attached hydrogen (secondary N) is 2. The van der Waals surface area contributed by atoms with Gasteiger partial charge in [0.1, 0.15) is 5.66 Å². The molecule has 6 rings (SSSR count). The Bertz CT molecular complexity index is 1800. The van der Waals surface area contributed by atoms with Crippen molar-refractivity contribution in [3.8, 4) is 0 Å². The van der Waals surface area contributed by atoms with Crippen LogP contribution < -0.4 is 10.6 Å². The van der Waals surface area contributed by atoms with Gasteiger partial charge in [0.2, 0.25) is 0 Å². The molecule has 0 amide bonds. The molecule has 8 heteroatoms. The number of hydrogen-bond acceptors (Lipinski definition) is 8. The maximum atomic E-state index is 10.1. The van der Waals surface area contributed by atoms with E-state index in [1.54, 1.807) is 6.92 Å². The van der Waals surface area contributed by atoms with E-state index in [9.17, 15) is 5.11 Å². The van der Waals surface area contributed by atoms with Gasteiger partial charge < -0.3 is 20.5 Å². The van der Waals surface area contributed by atoms with Gasteiger partial charge in [-0.25, -0.2) is 0 Å². The monoisotopic (exact) mass is 542 g/mol. The third-order valence-electron chi connectivity index (χ3n) is 6.96. The van der Waals surface area contributed by atoms with Gasteiger partial charge in [-0.1, -0.05) is 61.2 Å². The van der Waals surface area contributed by atoms with E-state index in [4.69, 9.17) is 4.74 Å². The molecule has 41 heavy (non-hydrogen) atoms. The first-order valence-corrected chi connectivity index (χ1v) is 13.4. The van der Waals surface area contributed by atoms with Crippen LogP contribution in [-0.4, -0.2) is 23.7 Å². The second-order valence-electron chi connectivity index (χ2n) is 10.3. The Balaban J connectivity index is 1.30. The summed E-state index contributed by atoms with van der Waals surface area (Å²) in [5.74, 6) is 0. The summed E-state index contributed by atoms with van der Waals surface area (Å²) in [5.41, 5.74) is 4.89. The van der Waals surface area contributed by atoms with Crippen molar-refractivity contribution in [2.24, 2.45) is 20.5 Å². The second-order valence-corrected chi connectivity index (χ2v) is 10.3. The zero-order chi connectivity index (χ0) is 28.4. The Labute approximate surface area is 238 Å². The standard InChI is InChI=1S/C33H30N6O2/c1-21(2)32(40)41-20-33(3)34-29-15-9-14-25-28(18-19-30(35-33)31(25)29)39-38-27-17-16-26(23-12-7-8-13-24(23)27)37-36-22-10-5-4-6-11-22/h4-19,32,34-35,40H,1,20H2,2-3H3. The number of azo groups is 2. The summed E-state index contributed by atoms with van der Waals surface area (Å²) in [6.07, 6.45) is -1.02. The predicted molar refractivity (Wildman–Crippen MR) is 165 cm³/mol. The molecule has 204 valence electrons. The quantitative estimate of drug-likeness (QED) is 0.103. The molecular formula is C33H30N6O2. The van der Waals surface area contributed by atoms with Crippen LogP contribution in [0.2, 0.25) is 0 Å². The Kier molecular flexibility index (Phi) is 7.01. The van der Waals surface area contributed by atoms with Crippen molar-refractivity contribution in [1.29, 1.82) is 0 Å². The van der Waals surface area contributed by atoms with Crippen LogP contribution in [0.1, 0.15) is 13.8 Å². The van der Waals surface area contributed by atoms with E-state index in [2.05, 4.69) is 37.7 Å². The number of benzene rings is 5. The van der Waals surface area contributed by atoms with Crippen LogP contribution in [-0.2, 0) is 4.74 Å². The Morgan fingerprint density at radius 3 is 1.93 bits per heavy atom. The second kappa shape index (κ2) is 10.9. The molecule has 2 unspecified atom stereocenters. The van der Waals surface area contributed by atoms with Crippen molar-refractivity contribution in [3.63, 3.8) is 0 Å². The summed E-state index contributed by atoms with van der Waals surface area (Å²) in [5, 5.41) is 39.2. The van der Waals surface area contributed by atoms with Gasteiger partial charge in [0.05, 0.1) is 29.4 Å². The fourth-order valence-electron chi connectivity index (χ4n) is 4.93. The van der Waals surface area contributed by atoms with Crippen molar-refractivity contribution in [3.05, 3.63) is 109 Å². The van der Waals surface area contributed by atoms with Crippen LogP contribution in [0.3, 0.4) is 0 Å². The summed E-state index contributed by atoms with van der Waals surface area (Å²) in [6, 6.07) is 31.5. The minimum atomic E-state index is -1.02. The maximum Gasteiger partial charge on any atom is 0.176 e. The molecule has 3 N–H and O–H groups in total. The molecule has 0 fully saturated rings. The van der Waals surface area contributed by atoms with Gasteiger partial charge in [-0.05, 0) is 61.9 Å². The minimum absolute atomic E-state index is 0.228. The number of aliphatic hydroxyl groups is 1. The lowest BCUT2D eigenvalue weighted by molar-refractivity contribution is -0.0811. The van der Waals surface area contributed by atoms with E-state index in [-0.39, 0.29) is 6.61 Å². The van der Waals surface area contributed by atoms with Crippen molar-refractivity contribution in [2.45, 2.75) is 25.8 Å². The summed E-state index contributed by atoms with van der Waals surface area (Å²) < 4.78 is 5.63. The molecule has 2 atom stereocenters. The molecule has 1 aliphatic heterocycles. The summed E-state index contributed by atoms with van der Waals surface area (Å²) in [7, 11) is 0. The highest BCUT2D eigenvalue weighted by molar-refractivity contribution is 6.09. The summed E-state index contributed by atoms with van der Waals surface area (Å²) >= 11 is 0. The minimum Gasteiger partial charge on any atom is -0.364 e. The van der Waals surface area contributed by atoms with E-state index >= 15 is 0 Å². The molecule has 8 nitrogen and oxygen atoms in total. The average molecular weight is 543 g/mol. The highest BCUT2D eigenvalue weighted by Crippen LogP contribution is 2.43. The number of fused-ring (bicyclic) bond motifs is 1. The smallest absolute Gasteiger partial charge is 0.176 e. The molecule has 0 saturated heterocycles. The molecule has 0 saturated carbocycles. The van der Waals surface area contributed by atoms with Crippen LogP contribution in [0.15, 0.2) is 130 Å². The lowest BCUT2D eigenvalue weighted by Gasteiger charge is -2.39. The molecule has 0 aromatic heterocycles. The highest BCUT2D eigenvalue weighted by atomic mass is 16.6. The molecule has 0 aliphatic carbocycles. The number of rotatable bonds is 8. The zero-order valence-electron chi connectivity index (χ0n) is 22.9. The summed E-state index contributed by atoms with van der Waals surface area (Å²) in [4.78, 5) is 0. The molecular weight excluding hydrogens is 512 g/mol. The Morgan fingerprint density at radius 2 is 1.27 bits per heavy atom. The molecule has 5 aromatic rings. The molecule has 5 aromatic carbocycles. The van der Waals surface area contributed by atoms with Crippen LogP contribution in [0.25, 0.3) is 21.5 Å². The zero-order valence-corrected chi connectivity index (χ0v) is 22.9. The van der Waals surface area contributed by atoms with E-state index in [1.165, 1.54) is 0 Å². The molecule has 1 heterocycles. The fraction of sp³-hybridized carbons (Fsp3) is 0.152. The largest absolute Gasteiger partial charge is 0.364 e. The molecule has 0 spiro atoms. The Morgan fingerprint density at radius 1 is 0.732 bits per heavy atom. The lowest BCUT2D eigenvalue weighted by Crippen LogP contribution is -2.50. The predicted octanol–water partition coefficient (Wildman–Crippen LogP) is 9.29. The topological polar surface area (TPSA) is 103 Å². The number of aliphatic hydroxyl groups excluding tert-OH is 1. The molecule has 1 aliphatic rings. The van der Waals surface area contributed by atoms with Gasteiger partial charge in [-0.15, -0.1) is 15.3 Å². The van der Waals surface area contributed by atoms with Gasteiger partial charge in [-0.2, -0.15) is 5.11 Å². The third kappa shape index (κ3) is 5.43. The van der Waals surface area contributed by atoms with Crippen molar-refractivity contribution >= 4 is 55.7 Å². The fourth-order valence-corrected chi connectivity index (χ4v) is 4.93. The Hall–Kier alpha value is -4.92. The van der Waals surface area contributed by atoms with Gasteiger partial charge in [0.25, 0.3) is 0 Å². The van der Waals surface area contributed by atoms with Crippen molar-refractivity contribution in [2.75, 3.05) is 17.2 Å². The van der Waals surface area contributed by atoms with Crippen LogP contribution >= 0.6 is 0 Å². The first-order chi connectivity index (χ1) is 19.9. The lowest BCUT2D eigenvalue weighted by atomic mass is 9.99. The van der Waals surface area contributed by atoms with E-state index in [0.717, 1.165) is 55.7 Å². The van der Waals surface area contributed by atoms with Gasteiger partial charge in [-0.3, -0.25) is 0 Å². The number of anilines is 2. The van der Waals surface area contributed by atoms with E-state index < -0.39 is 12.0 Å². The molecule has 0 radical (unpaired) electrons. The third-order valence-corrected chi connectivity index (χ3v) is 6.96. The van der Waals surface area contributed by atoms with Crippen LogP contribution in [0.4, 0.5) is 34.1 Å². The van der Waals surface area contributed by atoms with Crippen LogP contribution in [0.5, 0.6) is 0 Å². The number of hydrogen-bond donors (Lipinski definition) is 3. The van der Waals surface area contributed by atoms with Crippen molar-refractivity contribution in [1.82, 2.24) is 0 Å². The molecule has 0 bridgehead atoms. The summed E-state index contributed by atoms with van der Waals surface area (Å²) in [6.45, 7) is 7.70. The average Bonchev–Trinajstić information content (AvgIpc) is 2.99. The van der Waals surface area contributed by atoms with Gasteiger partial charge in [0.15, 0.2) is 6.29 Å². The first kappa shape index (κ1) is 26.3. The normalized spacial score (nSPS) is 17.1. The highest BCUT2D eigenvalue weighted by Gasteiger charge is 2.31. The van der Waals surface area contributed by atoms with Crippen LogP contribution in [0, 0.1) is 0 Å². The van der Waals surface area contributed by atoms with E-state index in [0.29, 0.717) is 5.57 Å². The van der Waals surface area contributed by atoms with E-state index in [1.807, 2.05) is 104 Å². The van der Waals surface area contributed by atoms with Gasteiger partial charge in [0, 0.05) is 32.9 Å². The number of ether oxygens (including phenoxy) is 1. The first-order valence-electron chi connectivity index (χ1n) is 13.4. The van der Waals surface area contributed by atoms with Crippen molar-refractivity contribution < 1.29 is 9.84 Å². The maximum absolute atomic E-state index is 10.1. The van der Waals surface area contributed by atoms with Gasteiger partial charge >= 0.3 is 0 Å².